The van der Waals surface area contributed by atoms with E-state index in [1.54, 1.807) is 0 Å². The van der Waals surface area contributed by atoms with Crippen molar-refractivity contribution in [2.24, 2.45) is 23.7 Å². The zero-order chi connectivity index (χ0) is 8.46. The Hall–Kier alpha value is -1.11. The lowest BCUT2D eigenvalue weighted by atomic mass is 9.73. The van der Waals surface area contributed by atoms with Gasteiger partial charge in [0, 0.05) is 23.7 Å². The summed E-state index contributed by atoms with van der Waals surface area (Å²) in [5, 5.41) is 0. The van der Waals surface area contributed by atoms with Crippen LogP contribution in [-0.4, -0.2) is 5.78 Å². The Balaban J connectivity index is 2.29. The highest BCUT2D eigenvalue weighted by molar-refractivity contribution is 5.96. The minimum absolute atomic E-state index is 0.0949. The van der Waals surface area contributed by atoms with Gasteiger partial charge in [0.25, 0.3) is 0 Å². The molecule has 0 amide bonds. The lowest BCUT2D eigenvalue weighted by molar-refractivity contribution is -0.124. The van der Waals surface area contributed by atoms with Gasteiger partial charge in [-0.15, -0.1) is 0 Å². The topological polar surface area (TPSA) is 17.1 Å². The molecule has 0 saturated heterocycles. The molecular formula is C11H10O. The number of rotatable bonds is 0. The maximum atomic E-state index is 11.6. The molecule has 12 heavy (non-hydrogen) atoms. The molecule has 60 valence electrons. The predicted octanol–water partition coefficient (Wildman–Crippen LogP) is 1.73. The maximum absolute atomic E-state index is 11.6. The summed E-state index contributed by atoms with van der Waals surface area (Å²) in [6.45, 7) is 8.04. The van der Waals surface area contributed by atoms with E-state index in [0.717, 1.165) is 5.57 Å². The molecule has 0 aromatic heterocycles. The van der Waals surface area contributed by atoms with Crippen molar-refractivity contribution in [2.75, 3.05) is 0 Å². The Kier molecular flexibility index (Phi) is 0.871. The maximum Gasteiger partial charge on any atom is 0.148 e. The van der Waals surface area contributed by atoms with Crippen molar-refractivity contribution < 1.29 is 4.79 Å². The van der Waals surface area contributed by atoms with E-state index in [1.165, 1.54) is 5.57 Å². The van der Waals surface area contributed by atoms with Gasteiger partial charge in [-0.1, -0.05) is 36.5 Å². The summed E-state index contributed by atoms with van der Waals surface area (Å²) in [7, 11) is 0. The summed E-state index contributed by atoms with van der Waals surface area (Å²) in [6, 6.07) is 0. The van der Waals surface area contributed by atoms with Crippen LogP contribution >= 0.6 is 0 Å². The minimum atomic E-state index is 0.0949. The predicted molar refractivity (Wildman–Crippen MR) is 46.4 cm³/mol. The average molecular weight is 158 g/mol. The molecule has 1 nitrogen and oxygen atoms in total. The zero-order valence-electron chi connectivity index (χ0n) is 6.79. The van der Waals surface area contributed by atoms with Gasteiger partial charge in [-0.25, -0.2) is 0 Å². The molecule has 4 atom stereocenters. The molecule has 1 heteroatoms. The summed E-state index contributed by atoms with van der Waals surface area (Å²) in [5.41, 5.74) is 2.34. The smallest absolute Gasteiger partial charge is 0.148 e. The van der Waals surface area contributed by atoms with Gasteiger partial charge in [-0.2, -0.15) is 0 Å². The third kappa shape index (κ3) is 0.430. The molecule has 2 saturated carbocycles. The normalized spacial score (nSPS) is 48.2. The Labute approximate surface area is 71.5 Å². The zero-order valence-corrected chi connectivity index (χ0v) is 6.79. The largest absolute Gasteiger partial charge is 0.298 e. The first-order chi connectivity index (χ1) is 5.72. The summed E-state index contributed by atoms with van der Waals surface area (Å²) < 4.78 is 0. The summed E-state index contributed by atoms with van der Waals surface area (Å²) >= 11 is 0. The van der Waals surface area contributed by atoms with E-state index >= 15 is 0 Å². The molecular weight excluding hydrogens is 148 g/mol. The lowest BCUT2D eigenvalue weighted by Crippen LogP contribution is -2.31. The number of carbonyl (C=O) groups is 1. The Morgan fingerprint density at radius 3 is 2.17 bits per heavy atom. The van der Waals surface area contributed by atoms with E-state index < -0.39 is 0 Å². The first-order valence-corrected chi connectivity index (χ1v) is 4.31. The summed E-state index contributed by atoms with van der Waals surface area (Å²) in [4.78, 5) is 11.6. The molecule has 0 N–H and O–H groups in total. The number of hydrogen-bond acceptors (Lipinski definition) is 1. The highest BCUT2D eigenvalue weighted by atomic mass is 16.1. The number of carbonyl (C=O) groups excluding carboxylic acids is 1. The number of Topliss-reactive ketones (excluding diaryl/α,β-unsaturated/α-hetero) is 1. The molecule has 0 aromatic carbocycles. The minimum Gasteiger partial charge on any atom is -0.298 e. The Morgan fingerprint density at radius 1 is 1.00 bits per heavy atom. The van der Waals surface area contributed by atoms with E-state index in [2.05, 4.69) is 19.2 Å². The summed E-state index contributed by atoms with van der Waals surface area (Å²) in [6.07, 6.45) is 4.18. The van der Waals surface area contributed by atoms with Gasteiger partial charge >= 0.3 is 0 Å². The van der Waals surface area contributed by atoms with Crippen molar-refractivity contribution >= 4 is 5.78 Å². The SMILES string of the molecule is C=C1C2C=CC3C(=O)C2C(=C)C13. The van der Waals surface area contributed by atoms with Gasteiger partial charge in [0.15, 0.2) is 0 Å². The van der Waals surface area contributed by atoms with E-state index in [1.807, 2.05) is 6.08 Å². The Morgan fingerprint density at radius 2 is 1.67 bits per heavy atom. The second kappa shape index (κ2) is 1.63. The van der Waals surface area contributed by atoms with E-state index in [-0.39, 0.29) is 17.8 Å². The highest BCUT2D eigenvalue weighted by Crippen LogP contribution is 2.59. The van der Waals surface area contributed by atoms with Gasteiger partial charge in [0.05, 0.1) is 0 Å². The van der Waals surface area contributed by atoms with Crippen molar-refractivity contribution in [1.29, 1.82) is 0 Å². The first-order valence-electron chi connectivity index (χ1n) is 4.31. The second-order valence-corrected chi connectivity index (χ2v) is 3.94. The van der Waals surface area contributed by atoms with Crippen LogP contribution in [0, 0.1) is 23.7 Å². The van der Waals surface area contributed by atoms with Crippen molar-refractivity contribution in [3.05, 3.63) is 36.5 Å². The van der Waals surface area contributed by atoms with E-state index in [4.69, 9.17) is 0 Å². The van der Waals surface area contributed by atoms with Crippen molar-refractivity contribution in [3.8, 4) is 0 Å². The third-order valence-electron chi connectivity index (χ3n) is 3.51. The molecule has 4 rings (SSSR count). The monoisotopic (exact) mass is 158 g/mol. The average Bonchev–Trinajstić information content (AvgIpc) is 2.38. The van der Waals surface area contributed by atoms with Crippen molar-refractivity contribution in [3.63, 3.8) is 0 Å². The summed E-state index contributed by atoms with van der Waals surface area (Å²) in [5.74, 6) is 1.15. The molecule has 0 spiro atoms. The molecule has 2 fully saturated rings. The van der Waals surface area contributed by atoms with Crippen LogP contribution in [-0.2, 0) is 4.79 Å². The Bertz CT molecular complexity index is 316. The van der Waals surface area contributed by atoms with Crippen LogP contribution in [0.5, 0.6) is 0 Å². The molecule has 4 unspecified atom stereocenters. The van der Waals surface area contributed by atoms with Crippen LogP contribution in [0.3, 0.4) is 0 Å². The molecule has 4 aliphatic rings. The standard InChI is InChI=1S/C11H10O/c1-5-7-3-4-8-9(5)6(2)10(7)11(8)12/h3-4,7-10H,1-2H2. The van der Waals surface area contributed by atoms with Crippen LogP contribution in [0.4, 0.5) is 0 Å². The van der Waals surface area contributed by atoms with Gasteiger partial charge in [-0.3, -0.25) is 4.79 Å². The first kappa shape index (κ1) is 6.41. The fourth-order valence-electron chi connectivity index (χ4n) is 2.96. The molecule has 0 aliphatic heterocycles. The van der Waals surface area contributed by atoms with Gasteiger partial charge in [-0.05, 0) is 0 Å². The fraction of sp³-hybridized carbons (Fsp3) is 0.364. The van der Waals surface area contributed by atoms with E-state index in [0.29, 0.717) is 11.7 Å². The lowest BCUT2D eigenvalue weighted by Gasteiger charge is -2.29. The number of ketones is 1. The van der Waals surface area contributed by atoms with Crippen LogP contribution in [0.1, 0.15) is 0 Å². The quantitative estimate of drug-likeness (QED) is 0.491. The van der Waals surface area contributed by atoms with Crippen LogP contribution in [0.15, 0.2) is 36.5 Å². The molecule has 0 aromatic rings. The molecule has 4 bridgehead atoms. The van der Waals surface area contributed by atoms with Gasteiger partial charge < -0.3 is 0 Å². The van der Waals surface area contributed by atoms with Crippen molar-refractivity contribution in [1.82, 2.24) is 0 Å². The van der Waals surface area contributed by atoms with Crippen LogP contribution in [0.25, 0.3) is 0 Å². The third-order valence-corrected chi connectivity index (χ3v) is 3.51. The molecule has 4 aliphatic carbocycles. The molecule has 0 heterocycles. The van der Waals surface area contributed by atoms with Crippen LogP contribution in [0.2, 0.25) is 0 Å². The van der Waals surface area contributed by atoms with Crippen molar-refractivity contribution in [2.45, 2.75) is 0 Å². The van der Waals surface area contributed by atoms with Crippen LogP contribution < -0.4 is 0 Å². The van der Waals surface area contributed by atoms with Gasteiger partial charge in [0.2, 0.25) is 0 Å². The fourth-order valence-corrected chi connectivity index (χ4v) is 2.96. The highest BCUT2D eigenvalue weighted by Gasteiger charge is 2.57. The molecule has 0 radical (unpaired) electrons. The number of hydrogen-bond donors (Lipinski definition) is 0. The van der Waals surface area contributed by atoms with Gasteiger partial charge in [0.1, 0.15) is 5.78 Å². The second-order valence-electron chi connectivity index (χ2n) is 3.94. The van der Waals surface area contributed by atoms with E-state index in [9.17, 15) is 4.79 Å². The number of allylic oxidation sites excluding steroid dienone is 4.